The molecule has 0 aliphatic carbocycles. The topological polar surface area (TPSA) is 109 Å². The number of piperazine rings is 1. The third kappa shape index (κ3) is 5.43. The standard InChI is InChI=1S/C27H30N4O5S/c1-18-17-24(26(33)28-21-9-11-22(12-10-21)37(4,35)36)19(2)31(18)25-8-6-5-7-23(25)27(34)30-15-13-29(14-16-30)20(3)32/h5-12,17H,13-16H2,1-4H3,(H,28,33). The number of carbonyl (C=O) groups is 3. The summed E-state index contributed by atoms with van der Waals surface area (Å²) < 4.78 is 25.3. The maximum Gasteiger partial charge on any atom is 0.257 e. The Hall–Kier alpha value is -3.92. The van der Waals surface area contributed by atoms with Crippen molar-refractivity contribution in [1.29, 1.82) is 0 Å². The lowest BCUT2D eigenvalue weighted by Gasteiger charge is -2.34. The smallest absolute Gasteiger partial charge is 0.257 e. The molecule has 1 aliphatic rings. The van der Waals surface area contributed by atoms with E-state index < -0.39 is 9.84 Å². The molecule has 194 valence electrons. The summed E-state index contributed by atoms with van der Waals surface area (Å²) in [7, 11) is -3.33. The summed E-state index contributed by atoms with van der Waals surface area (Å²) in [6, 6.07) is 15.1. The van der Waals surface area contributed by atoms with Crippen LogP contribution in [0.4, 0.5) is 5.69 Å². The molecule has 2 aromatic carbocycles. The fourth-order valence-corrected chi connectivity index (χ4v) is 5.22. The molecular weight excluding hydrogens is 492 g/mol. The van der Waals surface area contributed by atoms with Crippen molar-refractivity contribution < 1.29 is 22.8 Å². The number of benzene rings is 2. The van der Waals surface area contributed by atoms with Gasteiger partial charge in [-0.1, -0.05) is 12.1 Å². The number of hydrogen-bond donors (Lipinski definition) is 1. The summed E-state index contributed by atoms with van der Waals surface area (Å²) in [5.74, 6) is -0.456. The minimum Gasteiger partial charge on any atom is -0.339 e. The second-order valence-corrected chi connectivity index (χ2v) is 11.2. The van der Waals surface area contributed by atoms with Crippen molar-refractivity contribution in [2.24, 2.45) is 0 Å². The van der Waals surface area contributed by atoms with Gasteiger partial charge >= 0.3 is 0 Å². The van der Waals surface area contributed by atoms with Crippen molar-refractivity contribution in [3.8, 4) is 5.69 Å². The van der Waals surface area contributed by atoms with Crippen LogP contribution in [0, 0.1) is 13.8 Å². The van der Waals surface area contributed by atoms with Crippen LogP contribution < -0.4 is 5.32 Å². The zero-order valence-corrected chi connectivity index (χ0v) is 22.1. The summed E-state index contributed by atoms with van der Waals surface area (Å²) >= 11 is 0. The van der Waals surface area contributed by atoms with E-state index in [2.05, 4.69) is 5.32 Å². The number of rotatable bonds is 5. The lowest BCUT2D eigenvalue weighted by atomic mass is 10.1. The fraction of sp³-hybridized carbons (Fsp3) is 0.296. The van der Waals surface area contributed by atoms with Crippen LogP contribution in [0.3, 0.4) is 0 Å². The molecule has 4 rings (SSSR count). The molecule has 1 N–H and O–H groups in total. The van der Waals surface area contributed by atoms with Crippen LogP contribution in [0.2, 0.25) is 0 Å². The van der Waals surface area contributed by atoms with Crippen LogP contribution in [0.5, 0.6) is 0 Å². The lowest BCUT2D eigenvalue weighted by molar-refractivity contribution is -0.130. The number of para-hydroxylation sites is 1. The van der Waals surface area contributed by atoms with Crippen LogP contribution in [0.15, 0.2) is 59.5 Å². The summed E-state index contributed by atoms with van der Waals surface area (Å²) in [6.07, 6.45) is 1.13. The Bertz CT molecular complexity index is 1470. The molecule has 0 spiro atoms. The molecule has 37 heavy (non-hydrogen) atoms. The predicted molar refractivity (Wildman–Crippen MR) is 141 cm³/mol. The number of carbonyl (C=O) groups excluding carboxylic acids is 3. The highest BCUT2D eigenvalue weighted by atomic mass is 32.2. The molecule has 0 bridgehead atoms. The Morgan fingerprint density at radius 1 is 0.838 bits per heavy atom. The fourth-order valence-electron chi connectivity index (χ4n) is 4.59. The van der Waals surface area contributed by atoms with Gasteiger partial charge < -0.3 is 19.7 Å². The Morgan fingerprint density at radius 2 is 1.43 bits per heavy atom. The van der Waals surface area contributed by atoms with E-state index in [1.807, 2.05) is 36.6 Å². The first-order chi connectivity index (χ1) is 17.5. The normalized spacial score (nSPS) is 13.9. The van der Waals surface area contributed by atoms with Gasteiger partial charge in [-0.25, -0.2) is 8.42 Å². The number of nitrogens with zero attached hydrogens (tertiary/aromatic N) is 3. The van der Waals surface area contributed by atoms with Crippen molar-refractivity contribution >= 4 is 33.2 Å². The first-order valence-electron chi connectivity index (χ1n) is 11.9. The van der Waals surface area contributed by atoms with Crippen LogP contribution in [0.25, 0.3) is 5.69 Å². The highest BCUT2D eigenvalue weighted by molar-refractivity contribution is 7.90. The van der Waals surface area contributed by atoms with Gasteiger partial charge in [0.2, 0.25) is 5.91 Å². The Kier molecular flexibility index (Phi) is 7.22. The molecule has 1 aliphatic heterocycles. The van der Waals surface area contributed by atoms with Gasteiger partial charge in [-0.3, -0.25) is 14.4 Å². The summed E-state index contributed by atoms with van der Waals surface area (Å²) in [4.78, 5) is 41.9. The molecule has 3 amide bonds. The van der Waals surface area contributed by atoms with Crippen molar-refractivity contribution in [1.82, 2.24) is 14.4 Å². The molecule has 0 radical (unpaired) electrons. The maximum absolute atomic E-state index is 13.5. The van der Waals surface area contributed by atoms with Crippen LogP contribution in [-0.2, 0) is 14.6 Å². The molecule has 9 nitrogen and oxygen atoms in total. The number of hydrogen-bond acceptors (Lipinski definition) is 5. The zero-order valence-electron chi connectivity index (χ0n) is 21.3. The zero-order chi connectivity index (χ0) is 26.9. The van der Waals surface area contributed by atoms with Gasteiger partial charge in [-0.05, 0) is 56.3 Å². The average Bonchev–Trinajstić information content (AvgIpc) is 3.17. The largest absolute Gasteiger partial charge is 0.339 e. The summed E-state index contributed by atoms with van der Waals surface area (Å²) in [6.45, 7) is 7.15. The van der Waals surface area contributed by atoms with Crippen LogP contribution >= 0.6 is 0 Å². The molecule has 1 saturated heterocycles. The molecule has 0 saturated carbocycles. The van der Waals surface area contributed by atoms with E-state index in [4.69, 9.17) is 0 Å². The number of aromatic nitrogens is 1. The van der Waals surface area contributed by atoms with Crippen LogP contribution in [0.1, 0.15) is 39.0 Å². The Balaban J connectivity index is 1.59. The predicted octanol–water partition coefficient (Wildman–Crippen LogP) is 3.05. The summed E-state index contributed by atoms with van der Waals surface area (Å²) in [5.41, 5.74) is 3.57. The second kappa shape index (κ2) is 10.2. The molecular formula is C27H30N4O5S. The molecule has 1 fully saturated rings. The van der Waals surface area contributed by atoms with Crippen LogP contribution in [-0.4, -0.2) is 72.9 Å². The third-order valence-corrected chi connectivity index (χ3v) is 7.73. The monoisotopic (exact) mass is 522 g/mol. The number of aryl methyl sites for hydroxylation is 1. The molecule has 2 heterocycles. The van der Waals surface area contributed by atoms with Crippen molar-refractivity contribution in [3.63, 3.8) is 0 Å². The van der Waals surface area contributed by atoms with Crippen molar-refractivity contribution in [2.75, 3.05) is 37.8 Å². The number of nitrogens with one attached hydrogen (secondary N) is 1. The van der Waals surface area contributed by atoms with Gasteiger partial charge in [0.25, 0.3) is 11.8 Å². The van der Waals surface area contributed by atoms with E-state index in [0.717, 1.165) is 11.9 Å². The molecule has 1 aromatic heterocycles. The second-order valence-electron chi connectivity index (χ2n) is 9.19. The third-order valence-electron chi connectivity index (χ3n) is 6.60. The van der Waals surface area contributed by atoms with E-state index in [1.165, 1.54) is 19.1 Å². The Morgan fingerprint density at radius 3 is 2.03 bits per heavy atom. The maximum atomic E-state index is 13.5. The molecule has 0 unspecified atom stereocenters. The minimum absolute atomic E-state index is 0.00300. The molecule has 0 atom stereocenters. The van der Waals surface area contributed by atoms with E-state index in [-0.39, 0.29) is 22.6 Å². The SMILES string of the molecule is CC(=O)N1CCN(C(=O)c2ccccc2-n2c(C)cc(C(=O)Nc3ccc(S(C)(=O)=O)cc3)c2C)CC1. The number of anilines is 1. The summed E-state index contributed by atoms with van der Waals surface area (Å²) in [5, 5.41) is 2.82. The number of amides is 3. The van der Waals surface area contributed by atoms with E-state index >= 15 is 0 Å². The lowest BCUT2D eigenvalue weighted by Crippen LogP contribution is -2.50. The highest BCUT2D eigenvalue weighted by Gasteiger charge is 2.26. The molecule has 10 heteroatoms. The van der Waals surface area contributed by atoms with E-state index in [9.17, 15) is 22.8 Å². The van der Waals surface area contributed by atoms with Crippen molar-refractivity contribution in [3.05, 3.63) is 77.1 Å². The van der Waals surface area contributed by atoms with Crippen molar-refractivity contribution in [2.45, 2.75) is 25.7 Å². The average molecular weight is 523 g/mol. The Labute approximate surface area is 216 Å². The van der Waals surface area contributed by atoms with Gasteiger partial charge in [0.1, 0.15) is 0 Å². The number of sulfone groups is 1. The van der Waals surface area contributed by atoms with Gasteiger partial charge in [-0.15, -0.1) is 0 Å². The van der Waals surface area contributed by atoms with E-state index in [0.29, 0.717) is 54.4 Å². The van der Waals surface area contributed by atoms with Gasteiger partial charge in [0, 0.05) is 56.4 Å². The molecule has 3 aromatic rings. The van der Waals surface area contributed by atoms with E-state index in [1.54, 1.807) is 34.1 Å². The first-order valence-corrected chi connectivity index (χ1v) is 13.8. The highest BCUT2D eigenvalue weighted by Crippen LogP contribution is 2.26. The first kappa shape index (κ1) is 26.2. The van der Waals surface area contributed by atoms with Gasteiger partial charge in [0.15, 0.2) is 9.84 Å². The quantitative estimate of drug-likeness (QED) is 0.554. The van der Waals surface area contributed by atoms with Gasteiger partial charge in [0.05, 0.1) is 21.7 Å². The minimum atomic E-state index is -3.33. The van der Waals surface area contributed by atoms with Gasteiger partial charge in [-0.2, -0.15) is 0 Å².